The highest BCUT2D eigenvalue weighted by Crippen LogP contribution is 2.29. The van der Waals surface area contributed by atoms with Crippen LogP contribution in [-0.2, 0) is 20.8 Å². The van der Waals surface area contributed by atoms with Gasteiger partial charge in [0.05, 0.1) is 17.1 Å². The van der Waals surface area contributed by atoms with Crippen LogP contribution in [-0.4, -0.2) is 51.1 Å². The number of anilines is 1. The summed E-state index contributed by atoms with van der Waals surface area (Å²) < 4.78 is 0. The number of halogens is 1. The van der Waals surface area contributed by atoms with Gasteiger partial charge in [-0.25, -0.2) is 9.97 Å². The van der Waals surface area contributed by atoms with E-state index in [1.807, 2.05) is 0 Å². The molecule has 1 aliphatic carbocycles. The molecule has 1 aliphatic rings. The van der Waals surface area contributed by atoms with Crippen LogP contribution in [0.1, 0.15) is 41.7 Å². The van der Waals surface area contributed by atoms with Crippen molar-refractivity contribution in [2.24, 2.45) is 17.0 Å². The molecule has 1 atom stereocenters. The van der Waals surface area contributed by atoms with Crippen molar-refractivity contribution < 1.29 is 24.3 Å². The molecule has 1 heterocycles. The Bertz CT molecular complexity index is 1150. The molecule has 0 saturated heterocycles. The minimum atomic E-state index is -1.16. The summed E-state index contributed by atoms with van der Waals surface area (Å²) in [6, 6.07) is 5.32. The van der Waals surface area contributed by atoms with E-state index in [-0.39, 0.29) is 17.1 Å². The SMILES string of the molecule is CSc1ncc(Cl)c(C(=O)Nc2ccc(CC(NC(=O)C3CCC(C(=O)O)CC3)C(=O)N=O)cc2)n1. The van der Waals surface area contributed by atoms with Crippen LogP contribution in [0.2, 0.25) is 5.02 Å². The van der Waals surface area contributed by atoms with E-state index in [2.05, 4.69) is 25.8 Å². The van der Waals surface area contributed by atoms with Gasteiger partial charge in [0.2, 0.25) is 5.91 Å². The Labute approximate surface area is 215 Å². The van der Waals surface area contributed by atoms with E-state index < -0.39 is 41.6 Å². The second-order valence-corrected chi connectivity index (χ2v) is 9.47. The van der Waals surface area contributed by atoms with Crippen molar-refractivity contribution in [3.05, 3.63) is 51.6 Å². The number of nitrogens with one attached hydrogen (secondary N) is 2. The lowest BCUT2D eigenvalue weighted by Gasteiger charge is -2.26. The maximum absolute atomic E-state index is 12.7. The first-order valence-corrected chi connectivity index (χ1v) is 12.7. The fourth-order valence-corrected chi connectivity index (χ4v) is 4.43. The minimum Gasteiger partial charge on any atom is -0.481 e. The van der Waals surface area contributed by atoms with Crippen LogP contribution < -0.4 is 10.6 Å². The van der Waals surface area contributed by atoms with Gasteiger partial charge >= 0.3 is 11.9 Å². The highest BCUT2D eigenvalue weighted by Gasteiger charge is 2.32. The molecule has 1 saturated carbocycles. The maximum Gasteiger partial charge on any atom is 0.308 e. The third kappa shape index (κ3) is 7.08. The molecule has 11 nitrogen and oxygen atoms in total. The van der Waals surface area contributed by atoms with E-state index in [9.17, 15) is 24.1 Å². The van der Waals surface area contributed by atoms with Crippen LogP contribution in [0.25, 0.3) is 0 Å². The number of aliphatic carboxylic acids is 1. The van der Waals surface area contributed by atoms with E-state index in [0.29, 0.717) is 42.1 Å². The van der Waals surface area contributed by atoms with Gasteiger partial charge in [0.25, 0.3) is 5.91 Å². The zero-order chi connectivity index (χ0) is 26.2. The lowest BCUT2D eigenvalue weighted by atomic mass is 9.81. The van der Waals surface area contributed by atoms with Gasteiger partial charge < -0.3 is 15.7 Å². The van der Waals surface area contributed by atoms with Crippen LogP contribution in [0, 0.1) is 16.7 Å². The van der Waals surface area contributed by atoms with Gasteiger partial charge in [-0.2, -0.15) is 0 Å². The first-order chi connectivity index (χ1) is 17.2. The monoisotopic (exact) mass is 533 g/mol. The summed E-state index contributed by atoms with van der Waals surface area (Å²) in [7, 11) is 0. The van der Waals surface area contributed by atoms with Crippen LogP contribution in [0.15, 0.2) is 40.8 Å². The first-order valence-electron chi connectivity index (χ1n) is 11.1. The van der Waals surface area contributed by atoms with E-state index in [4.69, 9.17) is 16.7 Å². The van der Waals surface area contributed by atoms with E-state index >= 15 is 0 Å². The molecular weight excluding hydrogens is 510 g/mol. The summed E-state index contributed by atoms with van der Waals surface area (Å²) in [5, 5.41) is 17.3. The largest absolute Gasteiger partial charge is 0.481 e. The van der Waals surface area contributed by atoms with Crippen LogP contribution >= 0.6 is 23.4 Å². The van der Waals surface area contributed by atoms with Gasteiger partial charge in [0.1, 0.15) is 6.04 Å². The zero-order valence-electron chi connectivity index (χ0n) is 19.3. The standard InChI is InChI=1S/C23H24ClN5O6S/c1-36-23-25-11-16(24)18(28-23)21(32)26-15-8-2-12(3-9-15)10-17(20(31)29-35)27-19(30)13-4-6-14(7-5-13)22(33)34/h2-3,8-9,11,13-14,17H,4-7,10H2,1H3,(H,26,32)(H,27,30)(H,33,34). The molecule has 3 N–H and O–H groups in total. The normalized spacial score (nSPS) is 18.1. The van der Waals surface area contributed by atoms with Crippen LogP contribution in [0.5, 0.6) is 0 Å². The summed E-state index contributed by atoms with van der Waals surface area (Å²) >= 11 is 7.31. The lowest BCUT2D eigenvalue weighted by molar-refractivity contribution is -0.144. The number of carboxylic acids is 1. The first kappa shape index (κ1) is 27.2. The predicted octanol–water partition coefficient (Wildman–Crippen LogP) is 3.32. The molecule has 3 amide bonds. The van der Waals surface area contributed by atoms with Crippen molar-refractivity contribution in [1.82, 2.24) is 15.3 Å². The van der Waals surface area contributed by atoms with Crippen LogP contribution in [0.3, 0.4) is 0 Å². The fraction of sp³-hybridized carbons (Fsp3) is 0.391. The molecule has 2 aromatic rings. The van der Waals surface area contributed by atoms with Gasteiger partial charge in [-0.3, -0.25) is 19.2 Å². The number of carboxylic acid groups (broad SMARTS) is 1. The minimum absolute atomic E-state index is 0.0177. The molecule has 0 radical (unpaired) electrons. The summed E-state index contributed by atoms with van der Waals surface area (Å²) in [4.78, 5) is 67.4. The van der Waals surface area contributed by atoms with E-state index in [0.717, 1.165) is 0 Å². The number of nitroso groups, excluding NO2 is 1. The van der Waals surface area contributed by atoms with Crippen molar-refractivity contribution >= 4 is 52.7 Å². The third-order valence-corrected chi connectivity index (χ3v) is 6.76. The fourth-order valence-electron chi connectivity index (χ4n) is 3.91. The summed E-state index contributed by atoms with van der Waals surface area (Å²) in [6.45, 7) is 0. The second kappa shape index (κ2) is 12.5. The molecule has 3 rings (SSSR count). The zero-order valence-corrected chi connectivity index (χ0v) is 20.8. The van der Waals surface area contributed by atoms with Gasteiger partial charge in [-0.15, -0.1) is 4.91 Å². The molecule has 190 valence electrons. The Morgan fingerprint density at radius 3 is 2.36 bits per heavy atom. The number of amides is 3. The smallest absolute Gasteiger partial charge is 0.308 e. The number of nitrogens with zero attached hydrogens (tertiary/aromatic N) is 3. The predicted molar refractivity (Wildman–Crippen MR) is 133 cm³/mol. The Morgan fingerprint density at radius 1 is 1.14 bits per heavy atom. The van der Waals surface area contributed by atoms with Gasteiger partial charge in [-0.05, 0) is 49.6 Å². The molecular formula is C23H24ClN5O6S. The third-order valence-electron chi connectivity index (χ3n) is 5.92. The maximum atomic E-state index is 12.7. The Kier molecular flexibility index (Phi) is 9.48. The van der Waals surface area contributed by atoms with Gasteiger partial charge in [-0.1, -0.05) is 35.5 Å². The molecule has 1 unspecified atom stereocenters. The number of benzene rings is 1. The highest BCUT2D eigenvalue weighted by molar-refractivity contribution is 7.98. The topological polar surface area (TPSA) is 168 Å². The van der Waals surface area contributed by atoms with Crippen molar-refractivity contribution in [2.75, 3.05) is 11.6 Å². The quantitative estimate of drug-likeness (QED) is 0.248. The van der Waals surface area contributed by atoms with Crippen molar-refractivity contribution in [3.63, 3.8) is 0 Å². The Morgan fingerprint density at radius 2 is 1.78 bits per heavy atom. The number of carbonyl (C=O) groups excluding carboxylic acids is 3. The highest BCUT2D eigenvalue weighted by atomic mass is 35.5. The van der Waals surface area contributed by atoms with Crippen molar-refractivity contribution in [1.29, 1.82) is 0 Å². The summed E-state index contributed by atoms with van der Waals surface area (Å²) in [5.41, 5.74) is 1.09. The Balaban J connectivity index is 1.62. The number of aromatic nitrogens is 2. The molecule has 0 aliphatic heterocycles. The van der Waals surface area contributed by atoms with Crippen molar-refractivity contribution in [2.45, 2.75) is 43.3 Å². The molecule has 13 heteroatoms. The number of hydrogen-bond donors (Lipinski definition) is 3. The van der Waals surface area contributed by atoms with Crippen LogP contribution in [0.4, 0.5) is 5.69 Å². The molecule has 36 heavy (non-hydrogen) atoms. The molecule has 0 bridgehead atoms. The molecule has 1 fully saturated rings. The number of carbonyl (C=O) groups is 4. The summed E-state index contributed by atoms with van der Waals surface area (Å²) in [5.74, 6) is -3.72. The molecule has 1 aromatic heterocycles. The number of thioether (sulfide) groups is 1. The number of rotatable bonds is 9. The average molecular weight is 534 g/mol. The Hall–Kier alpha value is -3.38. The average Bonchev–Trinajstić information content (AvgIpc) is 2.89. The van der Waals surface area contributed by atoms with Gasteiger partial charge in [0, 0.05) is 23.2 Å². The summed E-state index contributed by atoms with van der Waals surface area (Å²) in [6.07, 6.45) is 4.68. The molecule has 1 aromatic carbocycles. The van der Waals surface area contributed by atoms with E-state index in [1.165, 1.54) is 18.0 Å². The second-order valence-electron chi connectivity index (χ2n) is 8.29. The van der Waals surface area contributed by atoms with Crippen molar-refractivity contribution in [3.8, 4) is 0 Å². The lowest BCUT2D eigenvalue weighted by Crippen LogP contribution is -2.45. The van der Waals surface area contributed by atoms with Gasteiger partial charge in [0.15, 0.2) is 10.9 Å². The van der Waals surface area contributed by atoms with E-state index in [1.54, 1.807) is 30.5 Å². The molecule has 0 spiro atoms. The number of hydrogen-bond acceptors (Lipinski definition) is 8.